The van der Waals surface area contributed by atoms with E-state index in [1.54, 1.807) is 13.1 Å². The number of likely N-dealkylation sites (N-methyl/N-ethyl adjacent to an activating group) is 1. The topological polar surface area (TPSA) is 78.5 Å². The number of esters is 1. The summed E-state index contributed by atoms with van der Waals surface area (Å²) in [5.74, 6) is -0.396. The van der Waals surface area contributed by atoms with Gasteiger partial charge in [-0.2, -0.15) is 5.10 Å². The molecule has 1 aromatic rings. The minimum Gasteiger partial charge on any atom is -0.461 e. The normalized spacial score (nSPS) is 10.8. The van der Waals surface area contributed by atoms with Crippen LogP contribution in [-0.4, -0.2) is 53.0 Å². The van der Waals surface area contributed by atoms with Gasteiger partial charge < -0.3 is 9.84 Å². The molecule has 1 rings (SSSR count). The van der Waals surface area contributed by atoms with Gasteiger partial charge in [-0.15, -0.1) is 0 Å². The first kappa shape index (κ1) is 12.7. The third-order valence-corrected chi connectivity index (χ3v) is 2.12. The van der Waals surface area contributed by atoms with Crippen molar-refractivity contribution in [1.29, 1.82) is 0 Å². The second-order valence-electron chi connectivity index (χ2n) is 3.45. The quantitative estimate of drug-likeness (QED) is 0.669. The highest BCUT2D eigenvalue weighted by Crippen LogP contribution is 2.08. The number of hydrogen-bond acceptors (Lipinski definition) is 5. The Hall–Kier alpha value is -1.40. The zero-order valence-electron chi connectivity index (χ0n) is 9.56. The van der Waals surface area contributed by atoms with E-state index in [0.717, 1.165) is 5.56 Å². The number of carbonyl (C=O) groups excluding carboxylic acids is 1. The Labute approximate surface area is 94.2 Å². The summed E-state index contributed by atoms with van der Waals surface area (Å²) < 4.78 is 4.89. The number of nitrogens with one attached hydrogen (secondary N) is 1. The number of rotatable bonds is 6. The largest absolute Gasteiger partial charge is 0.461 e. The highest BCUT2D eigenvalue weighted by Gasteiger charge is 2.15. The Morgan fingerprint density at radius 1 is 1.69 bits per heavy atom. The van der Waals surface area contributed by atoms with Crippen molar-refractivity contribution in [3.05, 3.63) is 17.5 Å². The van der Waals surface area contributed by atoms with Crippen molar-refractivity contribution in [3.8, 4) is 0 Å². The number of ether oxygens (including phenoxy) is 1. The van der Waals surface area contributed by atoms with Crippen LogP contribution in [0, 0.1) is 0 Å². The van der Waals surface area contributed by atoms with Crippen LogP contribution in [0.1, 0.15) is 23.0 Å². The summed E-state index contributed by atoms with van der Waals surface area (Å²) in [5.41, 5.74) is 1.15. The monoisotopic (exact) mass is 227 g/mol. The van der Waals surface area contributed by atoms with Crippen LogP contribution in [0.3, 0.4) is 0 Å². The zero-order chi connectivity index (χ0) is 12.0. The van der Waals surface area contributed by atoms with E-state index in [1.165, 1.54) is 0 Å². The highest BCUT2D eigenvalue weighted by molar-refractivity contribution is 5.88. The van der Waals surface area contributed by atoms with Crippen molar-refractivity contribution < 1.29 is 14.6 Å². The molecule has 0 radical (unpaired) electrons. The standard InChI is InChI=1S/C10H17N3O3/c1-3-16-10(15)9-8(6-11-12-9)7-13(2)4-5-14/h6,14H,3-5,7H2,1-2H3,(H,11,12). The molecule has 0 aliphatic carbocycles. The molecule has 6 nitrogen and oxygen atoms in total. The summed E-state index contributed by atoms with van der Waals surface area (Å²) in [6.07, 6.45) is 1.60. The predicted octanol–water partition coefficient (Wildman–Crippen LogP) is 0.0105. The lowest BCUT2D eigenvalue weighted by atomic mass is 10.2. The maximum absolute atomic E-state index is 11.5. The first-order chi connectivity index (χ1) is 7.69. The van der Waals surface area contributed by atoms with Gasteiger partial charge in [0.05, 0.1) is 19.4 Å². The number of nitrogens with zero attached hydrogens (tertiary/aromatic N) is 2. The highest BCUT2D eigenvalue weighted by atomic mass is 16.5. The van der Waals surface area contributed by atoms with Gasteiger partial charge in [0.15, 0.2) is 0 Å². The van der Waals surface area contributed by atoms with Gasteiger partial charge >= 0.3 is 5.97 Å². The molecule has 0 fully saturated rings. The van der Waals surface area contributed by atoms with Gasteiger partial charge in [-0.25, -0.2) is 4.79 Å². The number of aliphatic hydroxyl groups excluding tert-OH is 1. The van der Waals surface area contributed by atoms with Crippen molar-refractivity contribution in [1.82, 2.24) is 15.1 Å². The molecule has 1 aromatic heterocycles. The molecule has 0 saturated carbocycles. The van der Waals surface area contributed by atoms with E-state index >= 15 is 0 Å². The van der Waals surface area contributed by atoms with Gasteiger partial charge in [0.1, 0.15) is 5.69 Å². The van der Waals surface area contributed by atoms with E-state index < -0.39 is 5.97 Å². The van der Waals surface area contributed by atoms with Gasteiger partial charge in [-0.3, -0.25) is 10.00 Å². The molecule has 0 spiro atoms. The van der Waals surface area contributed by atoms with Gasteiger partial charge in [-0.05, 0) is 14.0 Å². The molecule has 0 aliphatic rings. The first-order valence-corrected chi connectivity index (χ1v) is 5.17. The molecule has 6 heteroatoms. The third-order valence-electron chi connectivity index (χ3n) is 2.12. The van der Waals surface area contributed by atoms with Gasteiger partial charge in [0.25, 0.3) is 0 Å². The molecule has 0 saturated heterocycles. The molecule has 1 heterocycles. The molecule has 16 heavy (non-hydrogen) atoms. The number of aromatic nitrogens is 2. The number of carbonyl (C=O) groups is 1. The van der Waals surface area contributed by atoms with Crippen molar-refractivity contribution in [3.63, 3.8) is 0 Å². The molecule has 0 bridgehead atoms. The SMILES string of the molecule is CCOC(=O)c1[nH]ncc1CN(C)CCO. The summed E-state index contributed by atoms with van der Waals surface area (Å²) in [5, 5.41) is 15.2. The van der Waals surface area contributed by atoms with Crippen molar-refractivity contribution >= 4 is 5.97 Å². The second-order valence-corrected chi connectivity index (χ2v) is 3.45. The van der Waals surface area contributed by atoms with E-state index in [0.29, 0.717) is 25.4 Å². The van der Waals surface area contributed by atoms with Crippen LogP contribution in [0.15, 0.2) is 6.20 Å². The molecule has 0 aromatic carbocycles. The number of aliphatic hydroxyl groups is 1. The fraction of sp³-hybridized carbons (Fsp3) is 0.600. The van der Waals surface area contributed by atoms with Crippen LogP contribution in [-0.2, 0) is 11.3 Å². The lowest BCUT2D eigenvalue weighted by Crippen LogP contribution is -2.22. The zero-order valence-corrected chi connectivity index (χ0v) is 9.56. The minimum atomic E-state index is -0.396. The molecule has 0 amide bonds. The molecular weight excluding hydrogens is 210 g/mol. The Morgan fingerprint density at radius 3 is 3.06 bits per heavy atom. The average molecular weight is 227 g/mol. The van der Waals surface area contributed by atoms with E-state index in [2.05, 4.69) is 10.2 Å². The average Bonchev–Trinajstić information content (AvgIpc) is 2.66. The van der Waals surface area contributed by atoms with Crippen LogP contribution in [0.4, 0.5) is 0 Å². The maximum atomic E-state index is 11.5. The van der Waals surface area contributed by atoms with Crippen LogP contribution in [0.25, 0.3) is 0 Å². The van der Waals surface area contributed by atoms with Crippen LogP contribution >= 0.6 is 0 Å². The summed E-state index contributed by atoms with van der Waals surface area (Å²) in [7, 11) is 1.86. The lowest BCUT2D eigenvalue weighted by Gasteiger charge is -2.14. The van der Waals surface area contributed by atoms with Crippen molar-refractivity contribution in [2.24, 2.45) is 0 Å². The Kier molecular flexibility index (Phi) is 4.94. The Balaban J connectivity index is 2.66. The van der Waals surface area contributed by atoms with Gasteiger partial charge in [0.2, 0.25) is 0 Å². The summed E-state index contributed by atoms with van der Waals surface area (Å²) in [6, 6.07) is 0. The second kappa shape index (κ2) is 6.24. The third kappa shape index (κ3) is 3.32. The minimum absolute atomic E-state index is 0.0864. The smallest absolute Gasteiger partial charge is 0.356 e. The first-order valence-electron chi connectivity index (χ1n) is 5.17. The summed E-state index contributed by atoms with van der Waals surface area (Å²) >= 11 is 0. The fourth-order valence-electron chi connectivity index (χ4n) is 1.35. The summed E-state index contributed by atoms with van der Waals surface area (Å²) in [4.78, 5) is 13.4. The lowest BCUT2D eigenvalue weighted by molar-refractivity contribution is 0.0517. The number of aromatic amines is 1. The van der Waals surface area contributed by atoms with E-state index in [-0.39, 0.29) is 6.61 Å². The van der Waals surface area contributed by atoms with Crippen molar-refractivity contribution in [2.45, 2.75) is 13.5 Å². The number of H-pyrrole nitrogens is 1. The van der Waals surface area contributed by atoms with Crippen LogP contribution in [0.2, 0.25) is 0 Å². The molecule has 0 aliphatic heterocycles. The maximum Gasteiger partial charge on any atom is 0.356 e. The molecule has 0 unspecified atom stereocenters. The van der Waals surface area contributed by atoms with Crippen LogP contribution in [0.5, 0.6) is 0 Å². The summed E-state index contributed by atoms with van der Waals surface area (Å²) in [6.45, 7) is 3.28. The van der Waals surface area contributed by atoms with Gasteiger partial charge in [0, 0.05) is 18.7 Å². The molecular formula is C10H17N3O3. The molecule has 2 N–H and O–H groups in total. The number of hydrogen-bond donors (Lipinski definition) is 2. The molecule has 90 valence electrons. The van der Waals surface area contributed by atoms with Crippen molar-refractivity contribution in [2.75, 3.05) is 26.8 Å². The fourth-order valence-corrected chi connectivity index (χ4v) is 1.35. The van der Waals surface area contributed by atoms with E-state index in [1.807, 2.05) is 11.9 Å². The van der Waals surface area contributed by atoms with Crippen LogP contribution < -0.4 is 0 Å². The van der Waals surface area contributed by atoms with E-state index in [4.69, 9.17) is 9.84 Å². The Morgan fingerprint density at radius 2 is 2.44 bits per heavy atom. The van der Waals surface area contributed by atoms with E-state index in [9.17, 15) is 4.79 Å². The Bertz CT molecular complexity index is 338. The predicted molar refractivity (Wildman–Crippen MR) is 58.0 cm³/mol. The molecule has 0 atom stereocenters. The van der Waals surface area contributed by atoms with Gasteiger partial charge in [-0.1, -0.05) is 0 Å².